The maximum Gasteiger partial charge on any atom is 0.291 e. The van der Waals surface area contributed by atoms with Gasteiger partial charge in [0.1, 0.15) is 5.82 Å². The van der Waals surface area contributed by atoms with E-state index >= 15 is 0 Å². The van der Waals surface area contributed by atoms with E-state index in [-0.39, 0.29) is 5.91 Å². The first kappa shape index (κ1) is 13.5. The number of nitrogens with one attached hydrogen (secondary N) is 1. The van der Waals surface area contributed by atoms with Crippen molar-refractivity contribution in [2.45, 2.75) is 44.6 Å². The highest BCUT2D eigenvalue weighted by Crippen LogP contribution is 2.26. The van der Waals surface area contributed by atoms with Crippen molar-refractivity contribution in [3.05, 3.63) is 29.6 Å². The van der Waals surface area contributed by atoms with Crippen LogP contribution in [-0.2, 0) is 13.0 Å². The summed E-state index contributed by atoms with van der Waals surface area (Å²) < 4.78 is 2.01. The highest BCUT2D eigenvalue weighted by atomic mass is 16.2. The number of aryl methyl sites for hydroxylation is 1. The van der Waals surface area contributed by atoms with Gasteiger partial charge in [0.2, 0.25) is 5.82 Å². The van der Waals surface area contributed by atoms with E-state index in [2.05, 4.69) is 20.4 Å². The van der Waals surface area contributed by atoms with Gasteiger partial charge < -0.3 is 9.47 Å². The number of carbonyl (C=O) groups excluding carboxylic acids is 1. The first-order chi connectivity index (χ1) is 10.8. The summed E-state index contributed by atoms with van der Waals surface area (Å²) in [7, 11) is 0. The average Bonchev–Trinajstić information content (AvgIpc) is 3.24. The summed E-state index contributed by atoms with van der Waals surface area (Å²) in [4.78, 5) is 14.7. The Morgan fingerprint density at radius 2 is 2.18 bits per heavy atom. The Hall–Kier alpha value is -2.18. The van der Waals surface area contributed by atoms with Crippen LogP contribution in [0.3, 0.4) is 0 Å². The van der Waals surface area contributed by atoms with Crippen LogP contribution in [0.25, 0.3) is 0 Å². The molecule has 0 bridgehead atoms. The van der Waals surface area contributed by atoms with Gasteiger partial charge in [0.05, 0.1) is 0 Å². The summed E-state index contributed by atoms with van der Waals surface area (Å²) in [6.07, 6.45) is 7.03. The number of hydrogen-bond donors (Lipinski definition) is 1. The predicted molar refractivity (Wildman–Crippen MR) is 79.4 cm³/mol. The van der Waals surface area contributed by atoms with E-state index in [9.17, 15) is 4.79 Å². The molecule has 7 heteroatoms. The topological polar surface area (TPSA) is 79.7 Å². The van der Waals surface area contributed by atoms with Crippen molar-refractivity contribution >= 4 is 5.91 Å². The van der Waals surface area contributed by atoms with E-state index in [1.807, 2.05) is 15.5 Å². The van der Waals surface area contributed by atoms with Gasteiger partial charge >= 0.3 is 0 Å². The van der Waals surface area contributed by atoms with Crippen molar-refractivity contribution in [2.75, 3.05) is 13.1 Å². The first-order valence-electron chi connectivity index (χ1n) is 8.03. The standard InChI is InChI=1S/C15H20N6O/c22-15(14-19-18-13-5-1-2-9-21(13)14)20-8-3-4-11(10-20)12-6-7-16-17-12/h6-7,11H,1-5,8-10H2,(H,16,17). The normalized spacial score (nSPS) is 21.6. The second-order valence-corrected chi connectivity index (χ2v) is 6.15. The lowest BCUT2D eigenvalue weighted by Crippen LogP contribution is -2.40. The quantitative estimate of drug-likeness (QED) is 0.908. The number of aromatic amines is 1. The van der Waals surface area contributed by atoms with Gasteiger partial charge in [0.15, 0.2) is 0 Å². The molecule has 22 heavy (non-hydrogen) atoms. The van der Waals surface area contributed by atoms with E-state index in [0.717, 1.165) is 63.3 Å². The minimum atomic E-state index is 0.0184. The van der Waals surface area contributed by atoms with Gasteiger partial charge in [-0.3, -0.25) is 9.89 Å². The van der Waals surface area contributed by atoms with E-state index in [0.29, 0.717) is 11.7 Å². The van der Waals surface area contributed by atoms with Crippen LogP contribution >= 0.6 is 0 Å². The lowest BCUT2D eigenvalue weighted by molar-refractivity contribution is 0.0686. The highest BCUT2D eigenvalue weighted by Gasteiger charge is 2.30. The van der Waals surface area contributed by atoms with E-state index in [1.165, 1.54) is 0 Å². The number of amides is 1. The molecule has 116 valence electrons. The molecule has 0 saturated carbocycles. The first-order valence-corrected chi connectivity index (χ1v) is 8.03. The molecule has 1 unspecified atom stereocenters. The summed E-state index contributed by atoms with van der Waals surface area (Å²) >= 11 is 0. The molecule has 1 N–H and O–H groups in total. The number of fused-ring (bicyclic) bond motifs is 1. The Morgan fingerprint density at radius 1 is 1.23 bits per heavy atom. The van der Waals surface area contributed by atoms with E-state index < -0.39 is 0 Å². The molecule has 4 heterocycles. The zero-order chi connectivity index (χ0) is 14.9. The van der Waals surface area contributed by atoms with E-state index in [1.54, 1.807) is 6.20 Å². The number of likely N-dealkylation sites (tertiary alicyclic amines) is 1. The summed E-state index contributed by atoms with van der Waals surface area (Å²) in [6, 6.07) is 2.00. The second kappa shape index (κ2) is 5.55. The van der Waals surface area contributed by atoms with Crippen LogP contribution in [0.5, 0.6) is 0 Å². The van der Waals surface area contributed by atoms with Crippen molar-refractivity contribution in [3.63, 3.8) is 0 Å². The van der Waals surface area contributed by atoms with Crippen LogP contribution in [0.1, 0.15) is 53.7 Å². The van der Waals surface area contributed by atoms with Crippen LogP contribution in [0.4, 0.5) is 0 Å². The molecular weight excluding hydrogens is 280 g/mol. The molecule has 1 fully saturated rings. The molecule has 2 aliphatic rings. The molecule has 4 rings (SSSR count). The third kappa shape index (κ3) is 2.30. The smallest absolute Gasteiger partial charge is 0.291 e. The Labute approximate surface area is 128 Å². The maximum atomic E-state index is 12.8. The van der Waals surface area contributed by atoms with Gasteiger partial charge in [0.25, 0.3) is 5.91 Å². The van der Waals surface area contributed by atoms with Gasteiger partial charge in [-0.05, 0) is 31.7 Å². The molecule has 1 atom stereocenters. The fourth-order valence-electron chi connectivity index (χ4n) is 3.52. The Bertz CT molecular complexity index is 662. The summed E-state index contributed by atoms with van der Waals surface area (Å²) in [5.74, 6) is 1.82. The number of nitrogens with zero attached hydrogens (tertiary/aromatic N) is 5. The fraction of sp³-hybridized carbons (Fsp3) is 0.600. The number of piperidine rings is 1. The Morgan fingerprint density at radius 3 is 3.05 bits per heavy atom. The molecule has 1 saturated heterocycles. The zero-order valence-electron chi connectivity index (χ0n) is 12.5. The molecule has 2 aliphatic heterocycles. The van der Waals surface area contributed by atoms with Gasteiger partial charge in [-0.2, -0.15) is 5.10 Å². The number of aromatic nitrogens is 5. The minimum absolute atomic E-state index is 0.0184. The lowest BCUT2D eigenvalue weighted by Gasteiger charge is -2.32. The van der Waals surface area contributed by atoms with Crippen molar-refractivity contribution in [1.82, 2.24) is 29.9 Å². The SMILES string of the molecule is O=C(c1nnc2n1CCCC2)N1CCCC(c2ccn[nH]2)C1. The largest absolute Gasteiger partial charge is 0.335 e. The third-order valence-electron chi connectivity index (χ3n) is 4.72. The molecule has 0 aliphatic carbocycles. The fourth-order valence-corrected chi connectivity index (χ4v) is 3.52. The molecule has 0 spiro atoms. The van der Waals surface area contributed by atoms with Gasteiger partial charge in [-0.1, -0.05) is 0 Å². The van der Waals surface area contributed by atoms with Gasteiger partial charge in [-0.15, -0.1) is 10.2 Å². The van der Waals surface area contributed by atoms with Crippen molar-refractivity contribution in [3.8, 4) is 0 Å². The molecule has 0 aromatic carbocycles. The number of rotatable bonds is 2. The average molecular weight is 300 g/mol. The molecule has 1 amide bonds. The van der Waals surface area contributed by atoms with Crippen molar-refractivity contribution < 1.29 is 4.79 Å². The van der Waals surface area contributed by atoms with Crippen LogP contribution < -0.4 is 0 Å². The molecular formula is C15H20N6O. The van der Waals surface area contributed by atoms with Crippen molar-refractivity contribution in [1.29, 1.82) is 0 Å². The lowest BCUT2D eigenvalue weighted by atomic mass is 9.95. The maximum absolute atomic E-state index is 12.8. The molecule has 2 aromatic rings. The van der Waals surface area contributed by atoms with Crippen molar-refractivity contribution in [2.24, 2.45) is 0 Å². The monoisotopic (exact) mass is 300 g/mol. The Balaban J connectivity index is 1.54. The van der Waals surface area contributed by atoms with Gasteiger partial charge in [0, 0.05) is 43.9 Å². The van der Waals surface area contributed by atoms with Crippen LogP contribution in [-0.4, -0.2) is 48.9 Å². The van der Waals surface area contributed by atoms with Crippen LogP contribution in [0.15, 0.2) is 12.3 Å². The van der Waals surface area contributed by atoms with Crippen LogP contribution in [0.2, 0.25) is 0 Å². The summed E-state index contributed by atoms with van der Waals surface area (Å²) in [5, 5.41) is 15.4. The summed E-state index contributed by atoms with van der Waals surface area (Å²) in [6.45, 7) is 2.39. The van der Waals surface area contributed by atoms with Gasteiger partial charge in [-0.25, -0.2) is 0 Å². The minimum Gasteiger partial charge on any atom is -0.335 e. The van der Waals surface area contributed by atoms with E-state index in [4.69, 9.17) is 0 Å². The zero-order valence-corrected chi connectivity index (χ0v) is 12.5. The summed E-state index contributed by atoms with van der Waals surface area (Å²) in [5.41, 5.74) is 1.11. The molecule has 0 radical (unpaired) electrons. The highest BCUT2D eigenvalue weighted by molar-refractivity contribution is 5.90. The number of carbonyl (C=O) groups is 1. The number of hydrogen-bond acceptors (Lipinski definition) is 4. The Kier molecular flexibility index (Phi) is 3.40. The molecule has 2 aromatic heterocycles. The molecule has 7 nitrogen and oxygen atoms in total. The third-order valence-corrected chi connectivity index (χ3v) is 4.72. The second-order valence-electron chi connectivity index (χ2n) is 6.15. The predicted octanol–water partition coefficient (Wildman–Crippen LogP) is 1.36. The number of H-pyrrole nitrogens is 1. The van der Waals surface area contributed by atoms with Crippen LogP contribution in [0, 0.1) is 0 Å².